The van der Waals surface area contributed by atoms with Crippen molar-refractivity contribution in [1.29, 1.82) is 0 Å². The molecule has 0 radical (unpaired) electrons. The number of carbonyl (C=O) groups is 2. The smallest absolute Gasteiger partial charge is 0.314 e. The number of hydrogen-bond acceptors (Lipinski definition) is 5. The van der Waals surface area contributed by atoms with Crippen molar-refractivity contribution in [2.45, 2.75) is 58.7 Å². The fraction of sp³-hybridized carbons (Fsp3) is 0.440. The number of primary amides is 1. The number of anilines is 1. The lowest BCUT2D eigenvalue weighted by Gasteiger charge is -2.32. The molecular formula is C25H33N7O2. The zero-order valence-electron chi connectivity index (χ0n) is 20.0. The zero-order valence-corrected chi connectivity index (χ0v) is 20.0. The van der Waals surface area contributed by atoms with Gasteiger partial charge in [-0.05, 0) is 44.2 Å². The van der Waals surface area contributed by atoms with Gasteiger partial charge in [-0.1, -0.05) is 31.2 Å². The second-order valence-electron chi connectivity index (χ2n) is 8.78. The molecule has 1 aromatic carbocycles. The molecule has 4 N–H and O–H groups in total. The molecule has 9 heteroatoms. The molecule has 0 aliphatic carbocycles. The molecule has 3 heterocycles. The maximum atomic E-state index is 13.4. The standard InChI is InChI=1S/C25H33N7O2/c1-4-17-6-8-18(9-7-17)16(3)29-24(33)21-14-27-23-20(15-28-32(23)5-2)22(21)30-19-10-12-31(13-11-19)25(26)34/h6-9,14-16,19H,4-5,10-13H2,1-3H3,(H2,26,34)(H,27,30)(H,29,33). The minimum atomic E-state index is -0.394. The monoisotopic (exact) mass is 463 g/mol. The van der Waals surface area contributed by atoms with E-state index < -0.39 is 6.03 Å². The van der Waals surface area contributed by atoms with Crippen molar-refractivity contribution in [3.8, 4) is 0 Å². The average molecular weight is 464 g/mol. The van der Waals surface area contributed by atoms with Crippen LogP contribution in [0.2, 0.25) is 0 Å². The van der Waals surface area contributed by atoms with Crippen LogP contribution in [0.15, 0.2) is 36.7 Å². The highest BCUT2D eigenvalue weighted by Crippen LogP contribution is 2.29. The van der Waals surface area contributed by atoms with Crippen molar-refractivity contribution in [2.75, 3.05) is 18.4 Å². The summed E-state index contributed by atoms with van der Waals surface area (Å²) in [6, 6.07) is 7.86. The van der Waals surface area contributed by atoms with E-state index in [9.17, 15) is 9.59 Å². The molecule has 9 nitrogen and oxygen atoms in total. The summed E-state index contributed by atoms with van der Waals surface area (Å²) in [6.45, 7) is 7.96. The van der Waals surface area contributed by atoms with Gasteiger partial charge in [-0.2, -0.15) is 5.10 Å². The van der Waals surface area contributed by atoms with Crippen LogP contribution in [0, 0.1) is 0 Å². The lowest BCUT2D eigenvalue weighted by molar-refractivity contribution is 0.0940. The van der Waals surface area contributed by atoms with Crippen LogP contribution in [0.25, 0.3) is 11.0 Å². The van der Waals surface area contributed by atoms with E-state index >= 15 is 0 Å². The lowest BCUT2D eigenvalue weighted by atomic mass is 10.0. The Labute approximate surface area is 199 Å². The van der Waals surface area contributed by atoms with Gasteiger partial charge < -0.3 is 21.3 Å². The second-order valence-corrected chi connectivity index (χ2v) is 8.78. The van der Waals surface area contributed by atoms with Crippen LogP contribution >= 0.6 is 0 Å². The first-order valence-electron chi connectivity index (χ1n) is 12.0. The van der Waals surface area contributed by atoms with E-state index in [-0.39, 0.29) is 18.0 Å². The maximum absolute atomic E-state index is 13.4. The Hall–Kier alpha value is -3.62. The third-order valence-corrected chi connectivity index (χ3v) is 6.60. The van der Waals surface area contributed by atoms with Gasteiger partial charge in [-0.3, -0.25) is 4.79 Å². The Morgan fingerprint density at radius 2 is 1.85 bits per heavy atom. The summed E-state index contributed by atoms with van der Waals surface area (Å²) < 4.78 is 1.82. The van der Waals surface area contributed by atoms with E-state index in [1.165, 1.54) is 5.56 Å². The molecule has 0 saturated carbocycles. The molecule has 1 aliphatic rings. The third kappa shape index (κ3) is 4.83. The second kappa shape index (κ2) is 10.1. The molecule has 1 atom stereocenters. The number of benzene rings is 1. The van der Waals surface area contributed by atoms with Gasteiger partial charge in [0.25, 0.3) is 5.91 Å². The molecule has 0 bridgehead atoms. The number of fused-ring (bicyclic) bond motifs is 1. The van der Waals surface area contributed by atoms with Crippen molar-refractivity contribution in [3.63, 3.8) is 0 Å². The predicted octanol–water partition coefficient (Wildman–Crippen LogP) is 3.46. The molecule has 1 fully saturated rings. The van der Waals surface area contributed by atoms with Crippen LogP contribution < -0.4 is 16.4 Å². The SMILES string of the molecule is CCc1ccc(C(C)NC(=O)c2cnc3c(cnn3CC)c2NC2CCN(C(N)=O)CC2)cc1. The van der Waals surface area contributed by atoms with Crippen molar-refractivity contribution < 1.29 is 9.59 Å². The van der Waals surface area contributed by atoms with E-state index in [4.69, 9.17) is 5.73 Å². The summed E-state index contributed by atoms with van der Waals surface area (Å²) in [4.78, 5) is 31.1. The molecule has 34 heavy (non-hydrogen) atoms. The number of likely N-dealkylation sites (tertiary alicyclic amines) is 1. The van der Waals surface area contributed by atoms with E-state index in [1.54, 1.807) is 17.3 Å². The Bertz CT molecular complexity index is 1160. The van der Waals surface area contributed by atoms with Crippen LogP contribution in [-0.2, 0) is 13.0 Å². The third-order valence-electron chi connectivity index (χ3n) is 6.60. The van der Waals surface area contributed by atoms with E-state index in [0.29, 0.717) is 25.2 Å². The van der Waals surface area contributed by atoms with Crippen LogP contribution in [0.5, 0.6) is 0 Å². The van der Waals surface area contributed by atoms with Gasteiger partial charge in [0.1, 0.15) is 0 Å². The number of nitrogens with one attached hydrogen (secondary N) is 2. The summed E-state index contributed by atoms with van der Waals surface area (Å²) in [6.07, 6.45) is 5.85. The topological polar surface area (TPSA) is 118 Å². The summed E-state index contributed by atoms with van der Waals surface area (Å²) in [5, 5.41) is 11.9. The Balaban J connectivity index is 1.59. The number of aromatic nitrogens is 3. The molecule has 1 saturated heterocycles. The largest absolute Gasteiger partial charge is 0.381 e. The minimum Gasteiger partial charge on any atom is -0.381 e. The number of nitrogens with two attached hydrogens (primary N) is 1. The Morgan fingerprint density at radius 3 is 2.47 bits per heavy atom. The number of pyridine rings is 1. The quantitative estimate of drug-likeness (QED) is 0.496. The van der Waals surface area contributed by atoms with Crippen LogP contribution in [-0.4, -0.2) is 50.7 Å². The van der Waals surface area contributed by atoms with Gasteiger partial charge in [-0.15, -0.1) is 0 Å². The van der Waals surface area contributed by atoms with Crippen LogP contribution in [0.4, 0.5) is 10.5 Å². The van der Waals surface area contributed by atoms with Crippen molar-refractivity contribution in [1.82, 2.24) is 25.0 Å². The van der Waals surface area contributed by atoms with Crippen molar-refractivity contribution in [3.05, 3.63) is 53.3 Å². The molecule has 1 unspecified atom stereocenters. The predicted molar refractivity (Wildman–Crippen MR) is 133 cm³/mol. The molecule has 0 spiro atoms. The first-order chi connectivity index (χ1) is 16.4. The molecule has 4 rings (SSSR count). The highest BCUT2D eigenvalue weighted by atomic mass is 16.2. The number of amides is 3. The molecule has 1 aliphatic heterocycles. The molecule has 2 aromatic heterocycles. The van der Waals surface area contributed by atoms with E-state index in [2.05, 4.69) is 51.9 Å². The molecule has 180 valence electrons. The Kier molecular flexibility index (Phi) is 7.00. The number of hydrogen-bond donors (Lipinski definition) is 3. The summed E-state index contributed by atoms with van der Waals surface area (Å²) >= 11 is 0. The highest BCUT2D eigenvalue weighted by Gasteiger charge is 2.25. The zero-order chi connectivity index (χ0) is 24.2. The fourth-order valence-corrected chi connectivity index (χ4v) is 4.43. The summed E-state index contributed by atoms with van der Waals surface area (Å²) in [5.41, 5.74) is 9.69. The number of aryl methyl sites for hydroxylation is 2. The number of carbonyl (C=O) groups excluding carboxylic acids is 2. The first kappa shape index (κ1) is 23.5. The van der Waals surface area contributed by atoms with Gasteiger partial charge in [0, 0.05) is 31.9 Å². The number of piperidine rings is 1. The maximum Gasteiger partial charge on any atom is 0.314 e. The van der Waals surface area contributed by atoms with Gasteiger partial charge in [0.05, 0.1) is 28.9 Å². The van der Waals surface area contributed by atoms with Gasteiger partial charge in [0.2, 0.25) is 0 Å². The van der Waals surface area contributed by atoms with Gasteiger partial charge in [-0.25, -0.2) is 14.5 Å². The fourth-order valence-electron chi connectivity index (χ4n) is 4.43. The molecule has 3 aromatic rings. The van der Waals surface area contributed by atoms with Gasteiger partial charge in [0.15, 0.2) is 5.65 Å². The first-order valence-corrected chi connectivity index (χ1v) is 12.0. The van der Waals surface area contributed by atoms with E-state index in [1.807, 2.05) is 18.5 Å². The number of urea groups is 1. The Morgan fingerprint density at radius 1 is 1.15 bits per heavy atom. The average Bonchev–Trinajstić information content (AvgIpc) is 3.28. The van der Waals surface area contributed by atoms with E-state index in [0.717, 1.165) is 41.5 Å². The lowest BCUT2D eigenvalue weighted by Crippen LogP contribution is -2.45. The van der Waals surface area contributed by atoms with Crippen molar-refractivity contribution >= 4 is 28.7 Å². The molecule has 3 amide bonds. The molecular weight excluding hydrogens is 430 g/mol. The van der Waals surface area contributed by atoms with Crippen LogP contribution in [0.1, 0.15) is 61.1 Å². The summed E-state index contributed by atoms with van der Waals surface area (Å²) in [7, 11) is 0. The number of nitrogens with zero attached hydrogens (tertiary/aromatic N) is 4. The van der Waals surface area contributed by atoms with Crippen LogP contribution in [0.3, 0.4) is 0 Å². The highest BCUT2D eigenvalue weighted by molar-refractivity contribution is 6.06. The number of rotatable bonds is 7. The normalized spacial score (nSPS) is 15.3. The van der Waals surface area contributed by atoms with Crippen molar-refractivity contribution in [2.24, 2.45) is 5.73 Å². The minimum absolute atomic E-state index is 0.108. The summed E-state index contributed by atoms with van der Waals surface area (Å²) in [5.74, 6) is -0.192. The van der Waals surface area contributed by atoms with Gasteiger partial charge >= 0.3 is 6.03 Å².